The average molecular weight is 563 g/mol. The average Bonchev–Trinajstić information content (AvgIpc) is 3.01. The molecule has 41 heavy (non-hydrogen) atoms. The van der Waals surface area contributed by atoms with E-state index in [-0.39, 0.29) is 11.7 Å². The SMILES string of the molecule is COC(=O)C1=C(C)N=CN(CCCCCN2CCC(C(=O)OC)(c3ccccc3)CC2)C1c1ccc([N+](=O)[O-])cc1. The molecule has 2 heterocycles. The Hall–Kier alpha value is -4.05. The van der Waals surface area contributed by atoms with Gasteiger partial charge >= 0.3 is 11.9 Å². The minimum atomic E-state index is -0.587. The molecule has 10 nitrogen and oxygen atoms in total. The molecular weight excluding hydrogens is 524 g/mol. The molecule has 10 heteroatoms. The summed E-state index contributed by atoms with van der Waals surface area (Å²) in [6, 6.07) is 15.8. The Kier molecular flexibility index (Phi) is 9.88. The maximum absolute atomic E-state index is 12.8. The number of likely N-dealkylation sites (tertiary alicyclic amines) is 1. The molecule has 218 valence electrons. The lowest BCUT2D eigenvalue weighted by Crippen LogP contribution is -2.48. The summed E-state index contributed by atoms with van der Waals surface area (Å²) in [7, 11) is 2.80. The van der Waals surface area contributed by atoms with Crippen LogP contribution in [0.15, 0.2) is 70.9 Å². The number of hydrogen-bond donors (Lipinski definition) is 0. The van der Waals surface area contributed by atoms with Gasteiger partial charge in [-0.15, -0.1) is 0 Å². The fourth-order valence-corrected chi connectivity index (χ4v) is 5.88. The Bertz CT molecular complexity index is 1280. The summed E-state index contributed by atoms with van der Waals surface area (Å²) in [6.07, 6.45) is 6.06. The number of nitro benzene ring substituents is 1. The summed E-state index contributed by atoms with van der Waals surface area (Å²) in [5.41, 5.74) is 2.20. The minimum absolute atomic E-state index is 0.00425. The molecule has 0 amide bonds. The number of esters is 2. The molecule has 4 rings (SSSR count). The van der Waals surface area contributed by atoms with E-state index < -0.39 is 22.3 Å². The van der Waals surface area contributed by atoms with E-state index in [1.807, 2.05) is 35.2 Å². The minimum Gasteiger partial charge on any atom is -0.468 e. The van der Waals surface area contributed by atoms with Crippen molar-refractivity contribution in [3.8, 4) is 0 Å². The van der Waals surface area contributed by atoms with E-state index in [1.165, 1.54) is 26.4 Å². The first-order valence-electron chi connectivity index (χ1n) is 14.0. The predicted molar refractivity (Wildman–Crippen MR) is 155 cm³/mol. The van der Waals surface area contributed by atoms with Crippen LogP contribution in [0.25, 0.3) is 0 Å². The van der Waals surface area contributed by atoms with Crippen molar-refractivity contribution in [3.63, 3.8) is 0 Å². The Morgan fingerprint density at radius 1 is 0.976 bits per heavy atom. The van der Waals surface area contributed by atoms with Crippen molar-refractivity contribution in [1.29, 1.82) is 0 Å². The number of hydrogen-bond acceptors (Lipinski definition) is 9. The summed E-state index contributed by atoms with van der Waals surface area (Å²) in [5, 5.41) is 11.1. The highest BCUT2D eigenvalue weighted by atomic mass is 16.6. The first kappa shape index (κ1) is 29.9. The van der Waals surface area contributed by atoms with E-state index >= 15 is 0 Å². The van der Waals surface area contributed by atoms with Gasteiger partial charge in [0.2, 0.25) is 0 Å². The van der Waals surface area contributed by atoms with Crippen LogP contribution in [0, 0.1) is 10.1 Å². The molecule has 2 aromatic carbocycles. The van der Waals surface area contributed by atoms with E-state index in [2.05, 4.69) is 9.89 Å². The van der Waals surface area contributed by atoms with Gasteiger partial charge in [0.25, 0.3) is 5.69 Å². The van der Waals surface area contributed by atoms with Gasteiger partial charge in [-0.05, 0) is 75.5 Å². The van der Waals surface area contributed by atoms with Gasteiger partial charge in [-0.1, -0.05) is 36.8 Å². The van der Waals surface area contributed by atoms with Gasteiger partial charge in [-0.2, -0.15) is 0 Å². The molecule has 0 aromatic heterocycles. The number of nitrogens with zero attached hydrogens (tertiary/aromatic N) is 4. The lowest BCUT2D eigenvalue weighted by molar-refractivity contribution is -0.384. The fourth-order valence-electron chi connectivity index (χ4n) is 5.88. The van der Waals surface area contributed by atoms with Crippen molar-refractivity contribution in [2.75, 3.05) is 40.4 Å². The second-order valence-corrected chi connectivity index (χ2v) is 10.6. The maximum atomic E-state index is 12.8. The van der Waals surface area contributed by atoms with Crippen LogP contribution < -0.4 is 0 Å². The zero-order valence-electron chi connectivity index (χ0n) is 24.0. The van der Waals surface area contributed by atoms with Crippen LogP contribution in [-0.4, -0.2) is 73.4 Å². The quantitative estimate of drug-likeness (QED) is 0.166. The molecule has 2 aliphatic rings. The van der Waals surface area contributed by atoms with Crippen LogP contribution in [0.1, 0.15) is 56.2 Å². The van der Waals surface area contributed by atoms with Crippen molar-refractivity contribution < 1.29 is 24.0 Å². The molecule has 0 N–H and O–H groups in total. The number of rotatable bonds is 11. The zero-order valence-corrected chi connectivity index (χ0v) is 24.0. The molecule has 1 unspecified atom stereocenters. The standard InChI is InChI=1S/C31H38N4O6/c1-23-27(29(36)40-2)28(24-12-14-26(15-13-24)35(38)39)34(22-32-23)19-9-5-8-18-33-20-16-31(17-21-33,30(37)41-3)25-10-6-4-7-11-25/h4,6-7,10-15,22,28H,5,8-9,16-21H2,1-3H3. The summed E-state index contributed by atoms with van der Waals surface area (Å²) < 4.78 is 10.3. The smallest absolute Gasteiger partial charge is 0.338 e. The first-order chi connectivity index (χ1) is 19.8. The summed E-state index contributed by atoms with van der Waals surface area (Å²) >= 11 is 0. The predicted octanol–water partition coefficient (Wildman–Crippen LogP) is 4.80. The second-order valence-electron chi connectivity index (χ2n) is 10.6. The highest BCUT2D eigenvalue weighted by Gasteiger charge is 2.43. The zero-order chi connectivity index (χ0) is 29.4. The van der Waals surface area contributed by atoms with Crippen LogP contribution in [0.2, 0.25) is 0 Å². The first-order valence-corrected chi connectivity index (χ1v) is 14.0. The van der Waals surface area contributed by atoms with Crippen molar-refractivity contribution in [3.05, 3.63) is 87.1 Å². The summed E-state index contributed by atoms with van der Waals surface area (Å²) in [5.74, 6) is -0.624. The number of benzene rings is 2. The van der Waals surface area contributed by atoms with Crippen molar-refractivity contribution in [2.45, 2.75) is 50.5 Å². The Balaban J connectivity index is 1.33. The lowest BCUT2D eigenvalue weighted by Gasteiger charge is -2.40. The highest BCUT2D eigenvalue weighted by Crippen LogP contribution is 2.37. The largest absolute Gasteiger partial charge is 0.468 e. The molecule has 2 aromatic rings. The van der Waals surface area contributed by atoms with E-state index in [0.29, 0.717) is 17.8 Å². The van der Waals surface area contributed by atoms with E-state index in [9.17, 15) is 19.7 Å². The molecule has 0 saturated carbocycles. The Morgan fingerprint density at radius 3 is 2.24 bits per heavy atom. The number of piperidine rings is 1. The number of aliphatic imine (C=N–C) groups is 1. The van der Waals surface area contributed by atoms with Gasteiger partial charge in [0, 0.05) is 18.7 Å². The normalized spacial score (nSPS) is 18.7. The summed E-state index contributed by atoms with van der Waals surface area (Å²) in [6.45, 7) is 5.04. The van der Waals surface area contributed by atoms with Crippen molar-refractivity contribution in [2.24, 2.45) is 4.99 Å². The molecule has 2 aliphatic heterocycles. The second kappa shape index (κ2) is 13.5. The Morgan fingerprint density at radius 2 is 1.63 bits per heavy atom. The number of allylic oxidation sites excluding steroid dienone is 1. The van der Waals surface area contributed by atoms with Gasteiger partial charge in [0.15, 0.2) is 0 Å². The van der Waals surface area contributed by atoms with Crippen LogP contribution in [0.3, 0.4) is 0 Å². The number of unbranched alkanes of at least 4 members (excludes halogenated alkanes) is 2. The molecule has 0 aliphatic carbocycles. The van der Waals surface area contributed by atoms with Crippen LogP contribution in [0.5, 0.6) is 0 Å². The third-order valence-electron chi connectivity index (χ3n) is 8.22. The van der Waals surface area contributed by atoms with Crippen molar-refractivity contribution >= 4 is 24.0 Å². The monoisotopic (exact) mass is 562 g/mol. The number of non-ortho nitro benzene ring substituents is 1. The van der Waals surface area contributed by atoms with Gasteiger partial charge < -0.3 is 19.3 Å². The molecule has 0 radical (unpaired) electrons. The topological polar surface area (TPSA) is 115 Å². The summed E-state index contributed by atoms with van der Waals surface area (Å²) in [4.78, 5) is 45.1. The van der Waals surface area contributed by atoms with E-state index in [0.717, 1.165) is 62.9 Å². The van der Waals surface area contributed by atoms with Crippen LogP contribution in [-0.2, 0) is 24.5 Å². The maximum Gasteiger partial charge on any atom is 0.338 e. The molecule has 1 fully saturated rings. The lowest BCUT2D eigenvalue weighted by atomic mass is 9.72. The Labute approximate surface area is 240 Å². The number of carbonyl (C=O) groups is 2. The third-order valence-corrected chi connectivity index (χ3v) is 8.22. The van der Waals surface area contributed by atoms with E-state index in [1.54, 1.807) is 25.4 Å². The van der Waals surface area contributed by atoms with Gasteiger partial charge in [-0.3, -0.25) is 14.9 Å². The third kappa shape index (κ3) is 6.65. The van der Waals surface area contributed by atoms with Gasteiger partial charge in [0.1, 0.15) is 0 Å². The highest BCUT2D eigenvalue weighted by molar-refractivity contribution is 5.92. The van der Waals surface area contributed by atoms with Gasteiger partial charge in [0.05, 0.1) is 48.2 Å². The van der Waals surface area contributed by atoms with Crippen molar-refractivity contribution in [1.82, 2.24) is 9.80 Å². The molecular formula is C31H38N4O6. The number of carbonyl (C=O) groups excluding carboxylic acids is 2. The molecule has 0 spiro atoms. The molecule has 1 atom stereocenters. The fraction of sp³-hybridized carbons (Fsp3) is 0.452. The number of nitro groups is 1. The van der Waals surface area contributed by atoms with Crippen LogP contribution >= 0.6 is 0 Å². The number of methoxy groups -OCH3 is 2. The van der Waals surface area contributed by atoms with Gasteiger partial charge in [-0.25, -0.2) is 9.79 Å². The molecule has 1 saturated heterocycles. The van der Waals surface area contributed by atoms with Crippen LogP contribution in [0.4, 0.5) is 5.69 Å². The molecule has 0 bridgehead atoms. The van der Waals surface area contributed by atoms with E-state index in [4.69, 9.17) is 9.47 Å². The number of ether oxygens (including phenoxy) is 2.